The third-order valence-electron chi connectivity index (χ3n) is 3.84. The van der Waals surface area contributed by atoms with Gasteiger partial charge in [-0.15, -0.1) is 0 Å². The van der Waals surface area contributed by atoms with Crippen LogP contribution in [0.2, 0.25) is 0 Å². The van der Waals surface area contributed by atoms with Gasteiger partial charge in [0.2, 0.25) is 5.69 Å². The van der Waals surface area contributed by atoms with E-state index in [9.17, 15) is 14.9 Å². The Kier molecular flexibility index (Phi) is 4.18. The number of amides is 1. The topological polar surface area (TPSA) is 108 Å². The van der Waals surface area contributed by atoms with Crippen LogP contribution in [0.5, 0.6) is 0 Å². The first-order chi connectivity index (χ1) is 11.2. The SMILES string of the molecule is O=C(c1[nH]ncc1[N+](=O)[O-])N1CCCN(c2ccncc2)CC1. The second-order valence-electron chi connectivity index (χ2n) is 5.23. The first-order valence-corrected chi connectivity index (χ1v) is 7.29. The Balaban J connectivity index is 1.71. The van der Waals surface area contributed by atoms with Crippen molar-refractivity contribution in [2.75, 3.05) is 31.1 Å². The molecule has 0 saturated carbocycles. The van der Waals surface area contributed by atoms with E-state index in [2.05, 4.69) is 20.1 Å². The minimum atomic E-state index is -0.599. The van der Waals surface area contributed by atoms with Gasteiger partial charge in [0.05, 0.1) is 4.92 Å². The van der Waals surface area contributed by atoms with Gasteiger partial charge in [-0.05, 0) is 18.6 Å². The standard InChI is InChI=1S/C14H16N6O3/c21-14(13-12(20(22)23)10-16-17-13)19-7-1-6-18(8-9-19)11-2-4-15-5-3-11/h2-5,10H,1,6-9H2,(H,16,17). The van der Waals surface area contributed by atoms with Gasteiger partial charge >= 0.3 is 5.69 Å². The molecule has 3 rings (SSSR count). The highest BCUT2D eigenvalue weighted by atomic mass is 16.6. The average molecular weight is 316 g/mol. The van der Waals surface area contributed by atoms with Crippen molar-refractivity contribution in [1.29, 1.82) is 0 Å². The molecular formula is C14H16N6O3. The molecule has 1 saturated heterocycles. The maximum atomic E-state index is 12.5. The van der Waals surface area contributed by atoms with E-state index in [1.165, 1.54) is 0 Å². The third-order valence-corrected chi connectivity index (χ3v) is 3.84. The lowest BCUT2D eigenvalue weighted by atomic mass is 10.3. The fraction of sp³-hybridized carbons (Fsp3) is 0.357. The highest BCUT2D eigenvalue weighted by Crippen LogP contribution is 2.19. The van der Waals surface area contributed by atoms with E-state index in [1.807, 2.05) is 12.1 Å². The van der Waals surface area contributed by atoms with Crippen LogP contribution in [0.3, 0.4) is 0 Å². The van der Waals surface area contributed by atoms with E-state index in [-0.39, 0.29) is 17.3 Å². The number of H-pyrrole nitrogens is 1. The number of carbonyl (C=O) groups excluding carboxylic acids is 1. The van der Waals surface area contributed by atoms with Gasteiger partial charge in [0.1, 0.15) is 6.20 Å². The molecule has 0 unspecified atom stereocenters. The van der Waals surface area contributed by atoms with Gasteiger partial charge in [0.15, 0.2) is 0 Å². The normalized spacial score (nSPS) is 15.3. The van der Waals surface area contributed by atoms with Crippen LogP contribution < -0.4 is 4.90 Å². The molecule has 1 fully saturated rings. The first-order valence-electron chi connectivity index (χ1n) is 7.29. The molecule has 0 radical (unpaired) electrons. The van der Waals surface area contributed by atoms with Crippen molar-refractivity contribution in [3.63, 3.8) is 0 Å². The van der Waals surface area contributed by atoms with Gasteiger partial charge in [-0.2, -0.15) is 5.10 Å². The molecule has 9 nitrogen and oxygen atoms in total. The van der Waals surface area contributed by atoms with Crippen molar-refractivity contribution < 1.29 is 9.72 Å². The van der Waals surface area contributed by atoms with Crippen LogP contribution in [-0.4, -0.2) is 57.1 Å². The maximum Gasteiger partial charge on any atom is 0.319 e. The zero-order chi connectivity index (χ0) is 16.2. The van der Waals surface area contributed by atoms with Crippen molar-refractivity contribution in [2.45, 2.75) is 6.42 Å². The van der Waals surface area contributed by atoms with Crippen molar-refractivity contribution in [3.05, 3.63) is 46.5 Å². The van der Waals surface area contributed by atoms with Gasteiger partial charge in [0, 0.05) is 44.3 Å². The molecule has 0 aromatic carbocycles. The first kappa shape index (κ1) is 14.9. The van der Waals surface area contributed by atoms with E-state index in [1.54, 1.807) is 17.3 Å². The molecule has 23 heavy (non-hydrogen) atoms. The van der Waals surface area contributed by atoms with E-state index >= 15 is 0 Å². The molecule has 0 aliphatic carbocycles. The molecule has 2 aromatic rings. The van der Waals surface area contributed by atoms with Crippen LogP contribution >= 0.6 is 0 Å². The number of nitro groups is 1. The minimum absolute atomic E-state index is 0.0626. The third kappa shape index (κ3) is 3.12. The van der Waals surface area contributed by atoms with Crippen molar-refractivity contribution >= 4 is 17.3 Å². The van der Waals surface area contributed by atoms with Crippen molar-refractivity contribution in [2.24, 2.45) is 0 Å². The summed E-state index contributed by atoms with van der Waals surface area (Å²) in [5, 5.41) is 17.0. The zero-order valence-electron chi connectivity index (χ0n) is 12.4. The molecule has 3 heterocycles. The lowest BCUT2D eigenvalue weighted by Gasteiger charge is -2.23. The molecular weight excluding hydrogens is 300 g/mol. The highest BCUT2D eigenvalue weighted by molar-refractivity contribution is 5.96. The van der Waals surface area contributed by atoms with Crippen LogP contribution in [-0.2, 0) is 0 Å². The molecule has 1 aliphatic rings. The number of pyridine rings is 1. The second kappa shape index (κ2) is 6.42. The number of hydrogen-bond acceptors (Lipinski definition) is 6. The summed E-state index contributed by atoms with van der Waals surface area (Å²) >= 11 is 0. The van der Waals surface area contributed by atoms with Gasteiger partial charge in [-0.25, -0.2) is 0 Å². The summed E-state index contributed by atoms with van der Waals surface area (Å²) in [4.78, 5) is 30.6. The van der Waals surface area contributed by atoms with Crippen LogP contribution in [0.25, 0.3) is 0 Å². The van der Waals surface area contributed by atoms with Crippen LogP contribution in [0, 0.1) is 10.1 Å². The Hall–Kier alpha value is -2.97. The van der Waals surface area contributed by atoms with Crippen LogP contribution in [0.1, 0.15) is 16.9 Å². The summed E-state index contributed by atoms with van der Waals surface area (Å²) < 4.78 is 0. The lowest BCUT2D eigenvalue weighted by Crippen LogP contribution is -2.35. The highest BCUT2D eigenvalue weighted by Gasteiger charge is 2.28. The maximum absolute atomic E-state index is 12.5. The summed E-state index contributed by atoms with van der Waals surface area (Å²) in [5.41, 5.74) is 0.708. The van der Waals surface area contributed by atoms with Crippen molar-refractivity contribution in [3.8, 4) is 0 Å². The van der Waals surface area contributed by atoms with Gasteiger partial charge in [-0.3, -0.25) is 25.0 Å². The van der Waals surface area contributed by atoms with Gasteiger partial charge < -0.3 is 9.80 Å². The Bertz CT molecular complexity index is 702. The van der Waals surface area contributed by atoms with E-state index in [0.29, 0.717) is 19.6 Å². The van der Waals surface area contributed by atoms with E-state index in [4.69, 9.17) is 0 Å². The predicted octanol–water partition coefficient (Wildman–Crippen LogP) is 1.07. The number of nitrogens with one attached hydrogen (secondary N) is 1. The molecule has 0 atom stereocenters. The summed E-state index contributed by atoms with van der Waals surface area (Å²) in [6.45, 7) is 2.53. The van der Waals surface area contributed by atoms with E-state index < -0.39 is 4.92 Å². The number of aromatic amines is 1. The van der Waals surface area contributed by atoms with Crippen LogP contribution in [0.15, 0.2) is 30.7 Å². The summed E-state index contributed by atoms with van der Waals surface area (Å²) in [7, 11) is 0. The number of carbonyl (C=O) groups is 1. The smallest absolute Gasteiger partial charge is 0.319 e. The van der Waals surface area contributed by atoms with Gasteiger partial charge in [-0.1, -0.05) is 0 Å². The summed E-state index contributed by atoms with van der Waals surface area (Å²) in [6, 6.07) is 3.86. The average Bonchev–Trinajstić information content (AvgIpc) is 2.93. The number of nitrogens with zero attached hydrogens (tertiary/aromatic N) is 5. The fourth-order valence-corrected chi connectivity index (χ4v) is 2.67. The minimum Gasteiger partial charge on any atom is -0.370 e. The number of anilines is 1. The molecule has 1 amide bonds. The number of rotatable bonds is 3. The molecule has 9 heteroatoms. The number of aromatic nitrogens is 3. The summed E-state index contributed by atoms with van der Waals surface area (Å²) in [5.74, 6) is -0.384. The summed E-state index contributed by atoms with van der Waals surface area (Å²) in [6.07, 6.45) is 5.32. The second-order valence-corrected chi connectivity index (χ2v) is 5.23. The van der Waals surface area contributed by atoms with Gasteiger partial charge in [0.25, 0.3) is 5.91 Å². The zero-order valence-corrected chi connectivity index (χ0v) is 12.4. The largest absolute Gasteiger partial charge is 0.370 e. The van der Waals surface area contributed by atoms with E-state index in [0.717, 1.165) is 24.8 Å². The molecule has 2 aromatic heterocycles. The Morgan fingerprint density at radius 2 is 2.00 bits per heavy atom. The van der Waals surface area contributed by atoms with Crippen molar-refractivity contribution in [1.82, 2.24) is 20.1 Å². The molecule has 1 aliphatic heterocycles. The molecule has 1 N–H and O–H groups in total. The Morgan fingerprint density at radius 3 is 2.74 bits per heavy atom. The monoisotopic (exact) mass is 316 g/mol. The molecule has 0 spiro atoms. The predicted molar refractivity (Wildman–Crippen MR) is 82.2 cm³/mol. The molecule has 120 valence electrons. The lowest BCUT2D eigenvalue weighted by molar-refractivity contribution is -0.385. The fourth-order valence-electron chi connectivity index (χ4n) is 2.67. The Labute approximate surface area is 132 Å². The molecule has 0 bridgehead atoms. The quantitative estimate of drug-likeness (QED) is 0.670. The Morgan fingerprint density at radius 1 is 1.22 bits per heavy atom. The number of hydrogen-bond donors (Lipinski definition) is 1. The van der Waals surface area contributed by atoms with Crippen LogP contribution in [0.4, 0.5) is 11.4 Å².